The van der Waals surface area contributed by atoms with Crippen molar-refractivity contribution in [2.24, 2.45) is 0 Å². The molecular weight excluding hydrogens is 223 g/mol. The summed E-state index contributed by atoms with van der Waals surface area (Å²) in [6.07, 6.45) is 5.17. The van der Waals surface area contributed by atoms with Crippen LogP contribution >= 0.6 is 0 Å². The molecule has 2 heterocycles. The third-order valence-corrected chi connectivity index (χ3v) is 3.27. The first-order valence-electron chi connectivity index (χ1n) is 6.13. The Morgan fingerprint density at radius 1 is 1.47 bits per heavy atom. The van der Waals surface area contributed by atoms with E-state index in [0.717, 1.165) is 25.9 Å². The van der Waals surface area contributed by atoms with Crippen LogP contribution in [0.5, 0.6) is 0 Å². The molecule has 0 spiro atoms. The minimum atomic E-state index is -0.296. The van der Waals surface area contributed by atoms with Crippen LogP contribution in [0.4, 0.5) is 4.39 Å². The molecule has 1 N–H and O–H groups in total. The minimum absolute atomic E-state index is 0.0845. The summed E-state index contributed by atoms with van der Waals surface area (Å²) >= 11 is 0. The smallest absolute Gasteiger partial charge is 0.108 e. The highest BCUT2D eigenvalue weighted by Gasteiger charge is 2.22. The van der Waals surface area contributed by atoms with Crippen LogP contribution in [0.2, 0.25) is 0 Å². The third-order valence-electron chi connectivity index (χ3n) is 3.27. The molecule has 1 aliphatic heterocycles. The Kier molecular flexibility index (Phi) is 4.44. The van der Waals surface area contributed by atoms with Gasteiger partial charge in [0, 0.05) is 12.6 Å². The molecule has 0 saturated carbocycles. The van der Waals surface area contributed by atoms with E-state index >= 15 is 0 Å². The second-order valence-electron chi connectivity index (χ2n) is 4.46. The van der Waals surface area contributed by atoms with Crippen molar-refractivity contribution < 1.29 is 9.50 Å². The van der Waals surface area contributed by atoms with Crippen molar-refractivity contribution in [1.29, 1.82) is 0 Å². The van der Waals surface area contributed by atoms with Gasteiger partial charge >= 0.3 is 0 Å². The SMILES string of the molecule is OCc1cn(CC2CCCCN2CCF)nn1. The molecule has 0 aromatic carbocycles. The molecule has 0 aliphatic carbocycles. The van der Waals surface area contributed by atoms with Crippen LogP contribution in [-0.2, 0) is 13.2 Å². The molecule has 96 valence electrons. The molecule has 1 aliphatic rings. The Balaban J connectivity index is 1.95. The molecular formula is C11H19FN4O. The lowest BCUT2D eigenvalue weighted by Crippen LogP contribution is -2.43. The summed E-state index contributed by atoms with van der Waals surface area (Å²) in [5, 5.41) is 16.7. The van der Waals surface area contributed by atoms with Crippen molar-refractivity contribution in [3.63, 3.8) is 0 Å². The zero-order chi connectivity index (χ0) is 12.1. The highest BCUT2D eigenvalue weighted by Crippen LogP contribution is 2.18. The zero-order valence-electron chi connectivity index (χ0n) is 9.93. The van der Waals surface area contributed by atoms with Crippen molar-refractivity contribution in [1.82, 2.24) is 19.9 Å². The second kappa shape index (κ2) is 6.07. The van der Waals surface area contributed by atoms with Crippen LogP contribution in [0.3, 0.4) is 0 Å². The van der Waals surface area contributed by atoms with E-state index in [1.54, 1.807) is 10.9 Å². The van der Waals surface area contributed by atoms with Gasteiger partial charge in [0.1, 0.15) is 12.4 Å². The first kappa shape index (κ1) is 12.4. The van der Waals surface area contributed by atoms with E-state index in [-0.39, 0.29) is 13.3 Å². The van der Waals surface area contributed by atoms with E-state index in [0.29, 0.717) is 18.3 Å². The van der Waals surface area contributed by atoms with E-state index in [2.05, 4.69) is 15.2 Å². The van der Waals surface area contributed by atoms with Gasteiger partial charge in [0.05, 0.1) is 19.3 Å². The van der Waals surface area contributed by atoms with E-state index in [1.807, 2.05) is 0 Å². The van der Waals surface area contributed by atoms with Gasteiger partial charge < -0.3 is 5.11 Å². The maximum absolute atomic E-state index is 12.4. The van der Waals surface area contributed by atoms with Crippen LogP contribution in [-0.4, -0.2) is 50.8 Å². The highest BCUT2D eigenvalue weighted by molar-refractivity contribution is 4.90. The lowest BCUT2D eigenvalue weighted by Gasteiger charge is -2.34. The quantitative estimate of drug-likeness (QED) is 0.821. The van der Waals surface area contributed by atoms with Gasteiger partial charge in [0.15, 0.2) is 0 Å². The summed E-state index contributed by atoms with van der Waals surface area (Å²) in [6.45, 7) is 1.82. The normalized spacial score (nSPS) is 21.9. The minimum Gasteiger partial charge on any atom is -0.390 e. The van der Waals surface area contributed by atoms with Gasteiger partial charge in [0.2, 0.25) is 0 Å². The first-order valence-corrected chi connectivity index (χ1v) is 6.13. The maximum atomic E-state index is 12.4. The maximum Gasteiger partial charge on any atom is 0.108 e. The Morgan fingerprint density at radius 2 is 2.35 bits per heavy atom. The monoisotopic (exact) mass is 242 g/mol. The topological polar surface area (TPSA) is 54.2 Å². The van der Waals surface area contributed by atoms with Gasteiger partial charge in [-0.3, -0.25) is 9.58 Å². The van der Waals surface area contributed by atoms with Crippen molar-refractivity contribution in [2.75, 3.05) is 19.8 Å². The molecule has 1 unspecified atom stereocenters. The fourth-order valence-electron chi connectivity index (χ4n) is 2.39. The number of hydrogen-bond acceptors (Lipinski definition) is 4. The summed E-state index contributed by atoms with van der Waals surface area (Å²) in [7, 11) is 0. The Morgan fingerprint density at radius 3 is 3.06 bits per heavy atom. The molecule has 6 heteroatoms. The van der Waals surface area contributed by atoms with E-state index in [1.165, 1.54) is 6.42 Å². The van der Waals surface area contributed by atoms with Crippen LogP contribution in [0.1, 0.15) is 25.0 Å². The molecule has 1 fully saturated rings. The summed E-state index contributed by atoms with van der Waals surface area (Å²) in [5.41, 5.74) is 0.581. The first-order chi connectivity index (χ1) is 8.33. The number of rotatable bonds is 5. The van der Waals surface area contributed by atoms with Gasteiger partial charge in [-0.1, -0.05) is 11.6 Å². The average molecular weight is 242 g/mol. The number of hydrogen-bond donors (Lipinski definition) is 1. The number of piperidine rings is 1. The van der Waals surface area contributed by atoms with Crippen LogP contribution in [0, 0.1) is 0 Å². The number of halogens is 1. The van der Waals surface area contributed by atoms with Crippen LogP contribution in [0.25, 0.3) is 0 Å². The van der Waals surface area contributed by atoms with Crippen molar-refractivity contribution in [2.45, 2.75) is 38.5 Å². The Labute approximate surface area is 100 Å². The fraction of sp³-hybridized carbons (Fsp3) is 0.818. The molecule has 0 amide bonds. The van der Waals surface area contributed by atoms with Gasteiger partial charge in [0.25, 0.3) is 0 Å². The molecule has 5 nitrogen and oxygen atoms in total. The second-order valence-corrected chi connectivity index (χ2v) is 4.46. The zero-order valence-corrected chi connectivity index (χ0v) is 9.93. The number of likely N-dealkylation sites (tertiary alicyclic amines) is 1. The fourth-order valence-corrected chi connectivity index (χ4v) is 2.39. The standard InChI is InChI=1S/C11H19FN4O/c12-4-6-15-5-2-1-3-11(15)8-16-7-10(9-17)13-14-16/h7,11,17H,1-6,8-9H2. The molecule has 0 radical (unpaired) electrons. The molecule has 1 aromatic rings. The number of nitrogens with zero attached hydrogens (tertiary/aromatic N) is 4. The lowest BCUT2D eigenvalue weighted by atomic mass is 10.0. The molecule has 0 bridgehead atoms. The molecule has 1 aromatic heterocycles. The predicted octanol–water partition coefficient (Wildman–Crippen LogP) is 0.594. The molecule has 17 heavy (non-hydrogen) atoms. The highest BCUT2D eigenvalue weighted by atomic mass is 19.1. The van der Waals surface area contributed by atoms with Gasteiger partial charge in [-0.15, -0.1) is 5.10 Å². The molecule has 2 rings (SSSR count). The molecule has 1 atom stereocenters. The predicted molar refractivity (Wildman–Crippen MR) is 61.1 cm³/mol. The Hall–Kier alpha value is -1.01. The van der Waals surface area contributed by atoms with Gasteiger partial charge in [-0.25, -0.2) is 4.39 Å². The van der Waals surface area contributed by atoms with Gasteiger partial charge in [-0.05, 0) is 19.4 Å². The van der Waals surface area contributed by atoms with E-state index < -0.39 is 0 Å². The van der Waals surface area contributed by atoms with E-state index in [4.69, 9.17) is 5.11 Å². The van der Waals surface area contributed by atoms with Crippen molar-refractivity contribution in [3.8, 4) is 0 Å². The van der Waals surface area contributed by atoms with Crippen molar-refractivity contribution in [3.05, 3.63) is 11.9 Å². The Bertz CT molecular complexity index is 342. The third kappa shape index (κ3) is 3.23. The average Bonchev–Trinajstić information content (AvgIpc) is 2.80. The number of aromatic nitrogens is 3. The summed E-state index contributed by atoms with van der Waals surface area (Å²) < 4.78 is 14.2. The summed E-state index contributed by atoms with van der Waals surface area (Å²) in [6, 6.07) is 0.341. The largest absolute Gasteiger partial charge is 0.390 e. The number of alkyl halides is 1. The van der Waals surface area contributed by atoms with Gasteiger partial charge in [-0.2, -0.15) is 0 Å². The van der Waals surface area contributed by atoms with Crippen molar-refractivity contribution >= 4 is 0 Å². The summed E-state index contributed by atoms with van der Waals surface area (Å²) in [4.78, 5) is 2.18. The van der Waals surface area contributed by atoms with E-state index in [9.17, 15) is 4.39 Å². The van der Waals surface area contributed by atoms with Crippen LogP contribution < -0.4 is 0 Å². The number of aliphatic hydroxyl groups excluding tert-OH is 1. The summed E-state index contributed by atoms with van der Waals surface area (Å²) in [5.74, 6) is 0. The van der Waals surface area contributed by atoms with Crippen LogP contribution in [0.15, 0.2) is 6.20 Å². The number of aliphatic hydroxyl groups is 1. The molecule has 1 saturated heterocycles. The lowest BCUT2D eigenvalue weighted by molar-refractivity contribution is 0.120.